The van der Waals surface area contributed by atoms with E-state index in [0.717, 1.165) is 42.6 Å². The summed E-state index contributed by atoms with van der Waals surface area (Å²) in [5.41, 5.74) is 2.09. The van der Waals surface area contributed by atoms with Crippen LogP contribution in [0.25, 0.3) is 28.1 Å². The van der Waals surface area contributed by atoms with Gasteiger partial charge in [-0.3, -0.25) is 4.79 Å². The number of hydrogen-bond acceptors (Lipinski definition) is 8. The molecule has 0 spiro atoms. The predicted molar refractivity (Wildman–Crippen MR) is 120 cm³/mol. The molecule has 170 valence electrons. The highest BCUT2D eigenvalue weighted by Crippen LogP contribution is 2.35. The van der Waals surface area contributed by atoms with E-state index in [2.05, 4.69) is 25.3 Å². The molecule has 2 aliphatic rings. The van der Waals surface area contributed by atoms with E-state index in [0.29, 0.717) is 36.0 Å². The van der Waals surface area contributed by atoms with Crippen LogP contribution in [0.5, 0.6) is 5.88 Å². The summed E-state index contributed by atoms with van der Waals surface area (Å²) in [6, 6.07) is 7.48. The van der Waals surface area contributed by atoms with Gasteiger partial charge in [0.15, 0.2) is 11.4 Å². The van der Waals surface area contributed by atoms with Gasteiger partial charge in [0.1, 0.15) is 23.7 Å². The van der Waals surface area contributed by atoms with E-state index < -0.39 is 0 Å². The van der Waals surface area contributed by atoms with Crippen molar-refractivity contribution < 1.29 is 19.1 Å². The van der Waals surface area contributed by atoms with E-state index >= 15 is 0 Å². The number of hydrogen-bond donors (Lipinski definition) is 2. The molecule has 2 saturated heterocycles. The summed E-state index contributed by atoms with van der Waals surface area (Å²) < 4.78 is 13.7. The average Bonchev–Trinajstić information content (AvgIpc) is 3.62. The Morgan fingerprint density at radius 1 is 1.24 bits per heavy atom. The van der Waals surface area contributed by atoms with E-state index in [9.17, 15) is 9.90 Å². The van der Waals surface area contributed by atoms with Crippen LogP contribution < -0.4 is 15.0 Å². The molecule has 10 nitrogen and oxygen atoms in total. The first-order valence-corrected chi connectivity index (χ1v) is 11.2. The maximum Gasteiger partial charge on any atom is 0.231 e. The van der Waals surface area contributed by atoms with Crippen molar-refractivity contribution in [2.24, 2.45) is 0 Å². The standard InChI is InChI=1S/C23H24N6O4/c30-12-15-2-1-9-28(15)23-16-10-19(33-18(16)7-8-24-23)17-11-25-20-4-6-22(27-29(17)20)32-13-14-3-5-21(31)26-14/h4,6-8,10-11,14-15,30H,1-3,5,9,12-13H2,(H,26,31). The van der Waals surface area contributed by atoms with Gasteiger partial charge in [0.2, 0.25) is 11.8 Å². The van der Waals surface area contributed by atoms with Crippen LogP contribution in [-0.2, 0) is 4.79 Å². The number of aromatic nitrogens is 4. The summed E-state index contributed by atoms with van der Waals surface area (Å²) in [5, 5.41) is 18.1. The molecule has 2 fully saturated rings. The van der Waals surface area contributed by atoms with Crippen LogP contribution >= 0.6 is 0 Å². The minimum Gasteiger partial charge on any atom is -0.474 e. The van der Waals surface area contributed by atoms with Crippen molar-refractivity contribution in [2.45, 2.75) is 37.8 Å². The molecule has 0 bridgehead atoms. The fourth-order valence-corrected chi connectivity index (χ4v) is 4.70. The number of anilines is 1. The maximum absolute atomic E-state index is 11.4. The number of rotatable bonds is 6. The highest BCUT2D eigenvalue weighted by molar-refractivity contribution is 5.92. The molecule has 6 rings (SSSR count). The van der Waals surface area contributed by atoms with Gasteiger partial charge in [0, 0.05) is 25.2 Å². The molecular weight excluding hydrogens is 424 g/mol. The van der Waals surface area contributed by atoms with Gasteiger partial charge >= 0.3 is 0 Å². The van der Waals surface area contributed by atoms with Crippen molar-refractivity contribution >= 4 is 28.3 Å². The first-order valence-electron chi connectivity index (χ1n) is 11.2. The summed E-state index contributed by atoms with van der Waals surface area (Å²) in [4.78, 5) is 22.6. The fourth-order valence-electron chi connectivity index (χ4n) is 4.70. The van der Waals surface area contributed by atoms with Gasteiger partial charge in [-0.25, -0.2) is 14.5 Å². The molecule has 10 heteroatoms. The van der Waals surface area contributed by atoms with Gasteiger partial charge < -0.3 is 24.5 Å². The number of nitrogens with one attached hydrogen (secondary N) is 1. The number of ether oxygens (including phenoxy) is 1. The fraction of sp³-hybridized carbons (Fsp3) is 0.391. The number of fused-ring (bicyclic) bond motifs is 2. The van der Waals surface area contributed by atoms with Gasteiger partial charge in [-0.15, -0.1) is 5.10 Å². The number of amides is 1. The van der Waals surface area contributed by atoms with E-state index in [1.165, 1.54) is 0 Å². The Kier molecular flexibility index (Phi) is 4.87. The zero-order valence-corrected chi connectivity index (χ0v) is 18.0. The first-order chi connectivity index (χ1) is 16.2. The molecule has 2 unspecified atom stereocenters. The third kappa shape index (κ3) is 3.56. The Hall–Kier alpha value is -3.66. The molecule has 1 amide bonds. The summed E-state index contributed by atoms with van der Waals surface area (Å²) in [5.74, 6) is 1.95. The Bertz CT molecular complexity index is 1330. The minimum atomic E-state index is 0.00637. The third-order valence-corrected chi connectivity index (χ3v) is 6.39. The molecule has 0 aliphatic carbocycles. The second-order valence-corrected chi connectivity index (χ2v) is 8.53. The number of pyridine rings is 1. The molecule has 0 saturated carbocycles. The van der Waals surface area contributed by atoms with Crippen LogP contribution in [-0.4, -0.2) is 62.4 Å². The van der Waals surface area contributed by atoms with Gasteiger partial charge in [0.25, 0.3) is 0 Å². The molecule has 0 aromatic carbocycles. The normalized spacial score (nSPS) is 20.8. The SMILES string of the molecule is O=C1CCC(COc2ccc3ncc(-c4cc5c(N6CCCC6CO)nccc5o4)n3n2)N1. The monoisotopic (exact) mass is 448 g/mol. The zero-order chi connectivity index (χ0) is 22.4. The number of nitrogens with zero attached hydrogens (tertiary/aromatic N) is 5. The van der Waals surface area contributed by atoms with Crippen molar-refractivity contribution in [3.05, 3.63) is 36.7 Å². The Morgan fingerprint density at radius 2 is 2.18 bits per heavy atom. The topological polar surface area (TPSA) is 118 Å². The van der Waals surface area contributed by atoms with Crippen LogP contribution in [0.1, 0.15) is 25.7 Å². The van der Waals surface area contributed by atoms with Crippen LogP contribution in [0.2, 0.25) is 0 Å². The number of aliphatic hydroxyl groups excluding tert-OH is 1. The van der Waals surface area contributed by atoms with Gasteiger partial charge in [-0.1, -0.05) is 0 Å². The molecule has 2 N–H and O–H groups in total. The second kappa shape index (κ2) is 8.04. The minimum absolute atomic E-state index is 0.00637. The third-order valence-electron chi connectivity index (χ3n) is 6.39. The molecule has 0 radical (unpaired) electrons. The molecular formula is C23H24N6O4. The maximum atomic E-state index is 11.4. The molecule has 2 atom stereocenters. The lowest BCUT2D eigenvalue weighted by Crippen LogP contribution is -2.32. The summed E-state index contributed by atoms with van der Waals surface area (Å²) in [6.45, 7) is 1.33. The Balaban J connectivity index is 1.33. The lowest BCUT2D eigenvalue weighted by Gasteiger charge is -2.24. The summed E-state index contributed by atoms with van der Waals surface area (Å²) in [6.07, 6.45) is 6.73. The van der Waals surface area contributed by atoms with Crippen molar-refractivity contribution in [3.63, 3.8) is 0 Å². The van der Waals surface area contributed by atoms with Crippen LogP contribution in [0, 0.1) is 0 Å². The van der Waals surface area contributed by atoms with Gasteiger partial charge in [-0.2, -0.15) is 0 Å². The average molecular weight is 448 g/mol. The quantitative estimate of drug-likeness (QED) is 0.461. The highest BCUT2D eigenvalue weighted by Gasteiger charge is 2.27. The van der Waals surface area contributed by atoms with Crippen molar-refractivity contribution in [1.29, 1.82) is 0 Å². The summed E-state index contributed by atoms with van der Waals surface area (Å²) in [7, 11) is 0. The summed E-state index contributed by atoms with van der Waals surface area (Å²) >= 11 is 0. The molecule has 4 aromatic rings. The van der Waals surface area contributed by atoms with E-state index in [-0.39, 0.29) is 24.6 Å². The van der Waals surface area contributed by atoms with E-state index in [1.54, 1.807) is 23.0 Å². The Labute approximate surface area is 189 Å². The second-order valence-electron chi connectivity index (χ2n) is 8.53. The number of carbonyl (C=O) groups excluding carboxylic acids is 1. The molecule has 33 heavy (non-hydrogen) atoms. The zero-order valence-electron chi connectivity index (χ0n) is 18.0. The van der Waals surface area contributed by atoms with Gasteiger partial charge in [-0.05, 0) is 37.5 Å². The molecule has 4 aromatic heterocycles. The van der Waals surface area contributed by atoms with Crippen molar-refractivity contribution in [1.82, 2.24) is 24.9 Å². The van der Waals surface area contributed by atoms with Crippen LogP contribution in [0.15, 0.2) is 41.1 Å². The Morgan fingerprint density at radius 3 is 3.03 bits per heavy atom. The predicted octanol–water partition coefficient (Wildman–Crippen LogP) is 2.16. The van der Waals surface area contributed by atoms with Crippen LogP contribution in [0.4, 0.5) is 5.82 Å². The number of carbonyl (C=O) groups is 1. The van der Waals surface area contributed by atoms with Crippen LogP contribution in [0.3, 0.4) is 0 Å². The lowest BCUT2D eigenvalue weighted by atomic mass is 10.2. The number of furan rings is 1. The first kappa shape index (κ1) is 20.0. The molecule has 6 heterocycles. The largest absolute Gasteiger partial charge is 0.474 e. The lowest BCUT2D eigenvalue weighted by molar-refractivity contribution is -0.119. The smallest absolute Gasteiger partial charge is 0.231 e. The van der Waals surface area contributed by atoms with Crippen molar-refractivity contribution in [3.8, 4) is 17.3 Å². The van der Waals surface area contributed by atoms with Gasteiger partial charge in [0.05, 0.1) is 30.3 Å². The van der Waals surface area contributed by atoms with Crippen molar-refractivity contribution in [2.75, 3.05) is 24.7 Å². The van der Waals surface area contributed by atoms with E-state index in [1.807, 2.05) is 18.2 Å². The van der Waals surface area contributed by atoms with E-state index in [4.69, 9.17) is 9.15 Å². The number of imidazole rings is 1. The highest BCUT2D eigenvalue weighted by atomic mass is 16.5. The number of aliphatic hydroxyl groups is 1. The molecule has 2 aliphatic heterocycles.